The second-order valence-electron chi connectivity index (χ2n) is 4.80. The molecule has 0 atom stereocenters. The smallest absolute Gasteiger partial charge is 0.248 e. The zero-order chi connectivity index (χ0) is 14.4. The second-order valence-corrected chi connectivity index (χ2v) is 5.21. The lowest BCUT2D eigenvalue weighted by Gasteiger charge is -2.26. The molecule has 1 heterocycles. The summed E-state index contributed by atoms with van der Waals surface area (Å²) in [4.78, 5) is 13.4. The van der Waals surface area contributed by atoms with Gasteiger partial charge in [-0.25, -0.2) is 0 Å². The van der Waals surface area contributed by atoms with Crippen LogP contribution in [0.1, 0.15) is 15.9 Å². The molecule has 0 unspecified atom stereocenters. The van der Waals surface area contributed by atoms with Gasteiger partial charge in [-0.05, 0) is 17.7 Å². The lowest BCUT2D eigenvalue weighted by atomic mass is 10.1. The Hall–Kier alpha value is -1.14. The molecule has 6 heteroatoms. The molecular weight excluding hydrogens is 278 g/mol. The van der Waals surface area contributed by atoms with Crippen LogP contribution in [0.5, 0.6) is 0 Å². The fraction of sp³-hybridized carbons (Fsp3) is 0.500. The topological polar surface area (TPSA) is 67.6 Å². The van der Waals surface area contributed by atoms with Gasteiger partial charge in [-0.1, -0.05) is 17.7 Å². The van der Waals surface area contributed by atoms with Gasteiger partial charge in [-0.15, -0.1) is 0 Å². The average molecular weight is 298 g/mol. The highest BCUT2D eigenvalue weighted by atomic mass is 35.5. The summed E-state index contributed by atoms with van der Waals surface area (Å²) >= 11 is 6.13. The first kappa shape index (κ1) is 15.3. The summed E-state index contributed by atoms with van der Waals surface area (Å²) in [6.45, 7) is 6.21. The minimum Gasteiger partial charge on any atom is -0.379 e. The number of carbonyl (C=O) groups is 1. The average Bonchev–Trinajstić information content (AvgIpc) is 2.46. The number of hydrogen-bond acceptors (Lipinski definition) is 4. The van der Waals surface area contributed by atoms with E-state index < -0.39 is 5.91 Å². The van der Waals surface area contributed by atoms with Gasteiger partial charge in [0, 0.05) is 43.3 Å². The van der Waals surface area contributed by atoms with Gasteiger partial charge in [0.05, 0.1) is 13.2 Å². The molecule has 20 heavy (non-hydrogen) atoms. The van der Waals surface area contributed by atoms with Crippen LogP contribution in [-0.4, -0.2) is 50.2 Å². The number of hydrogen-bond donors (Lipinski definition) is 2. The minimum atomic E-state index is -0.460. The summed E-state index contributed by atoms with van der Waals surface area (Å²) in [6.07, 6.45) is 0. The number of primary amides is 1. The van der Waals surface area contributed by atoms with Gasteiger partial charge in [0.15, 0.2) is 0 Å². The SMILES string of the molecule is NC(=O)c1ccc(CNCCN2CCOCC2)c(Cl)c1. The Morgan fingerprint density at radius 1 is 1.40 bits per heavy atom. The number of nitrogens with zero attached hydrogens (tertiary/aromatic N) is 1. The van der Waals surface area contributed by atoms with E-state index in [2.05, 4.69) is 10.2 Å². The first-order valence-corrected chi connectivity index (χ1v) is 7.13. The van der Waals surface area contributed by atoms with Crippen molar-refractivity contribution in [2.75, 3.05) is 39.4 Å². The summed E-state index contributed by atoms with van der Waals surface area (Å²) in [5.74, 6) is -0.460. The van der Waals surface area contributed by atoms with Crippen molar-refractivity contribution >= 4 is 17.5 Å². The number of amides is 1. The number of benzene rings is 1. The molecule has 0 aliphatic carbocycles. The van der Waals surface area contributed by atoms with E-state index in [1.165, 1.54) is 0 Å². The van der Waals surface area contributed by atoms with E-state index in [4.69, 9.17) is 22.1 Å². The molecule has 0 aromatic heterocycles. The van der Waals surface area contributed by atoms with Crippen molar-refractivity contribution < 1.29 is 9.53 Å². The van der Waals surface area contributed by atoms with Crippen molar-refractivity contribution in [3.05, 3.63) is 34.3 Å². The molecule has 1 aromatic rings. The number of nitrogens with two attached hydrogens (primary N) is 1. The number of halogens is 1. The Bertz CT molecular complexity index is 462. The molecule has 0 radical (unpaired) electrons. The first-order valence-electron chi connectivity index (χ1n) is 6.76. The van der Waals surface area contributed by atoms with Crippen molar-refractivity contribution in [3.8, 4) is 0 Å². The van der Waals surface area contributed by atoms with E-state index in [1.54, 1.807) is 12.1 Å². The fourth-order valence-corrected chi connectivity index (χ4v) is 2.38. The van der Waals surface area contributed by atoms with Crippen molar-refractivity contribution in [1.82, 2.24) is 10.2 Å². The van der Waals surface area contributed by atoms with E-state index in [9.17, 15) is 4.79 Å². The largest absolute Gasteiger partial charge is 0.379 e. The number of ether oxygens (including phenoxy) is 1. The van der Waals surface area contributed by atoms with E-state index in [0.29, 0.717) is 17.1 Å². The van der Waals surface area contributed by atoms with E-state index in [1.807, 2.05) is 6.07 Å². The molecule has 1 amide bonds. The molecule has 3 N–H and O–H groups in total. The van der Waals surface area contributed by atoms with Gasteiger partial charge in [0.2, 0.25) is 5.91 Å². The predicted molar refractivity (Wildman–Crippen MR) is 78.9 cm³/mol. The molecule has 1 aromatic carbocycles. The maximum Gasteiger partial charge on any atom is 0.248 e. The maximum atomic E-state index is 11.0. The lowest BCUT2D eigenvalue weighted by molar-refractivity contribution is 0.0384. The van der Waals surface area contributed by atoms with Crippen LogP contribution in [0.15, 0.2) is 18.2 Å². The molecule has 1 fully saturated rings. The Balaban J connectivity index is 1.74. The lowest BCUT2D eigenvalue weighted by Crippen LogP contribution is -2.40. The van der Waals surface area contributed by atoms with Crippen LogP contribution < -0.4 is 11.1 Å². The molecule has 0 bridgehead atoms. The summed E-state index contributed by atoms with van der Waals surface area (Å²) in [5, 5.41) is 3.92. The molecular formula is C14H20ClN3O2. The van der Waals surface area contributed by atoms with E-state index in [0.717, 1.165) is 45.0 Å². The number of nitrogens with one attached hydrogen (secondary N) is 1. The predicted octanol–water partition coefficient (Wildman–Crippen LogP) is 0.861. The number of carbonyl (C=O) groups excluding carboxylic acids is 1. The van der Waals surface area contributed by atoms with Gasteiger partial charge < -0.3 is 15.8 Å². The fourth-order valence-electron chi connectivity index (χ4n) is 2.13. The zero-order valence-corrected chi connectivity index (χ0v) is 12.2. The minimum absolute atomic E-state index is 0.437. The van der Waals surface area contributed by atoms with Gasteiger partial charge in [-0.3, -0.25) is 9.69 Å². The van der Waals surface area contributed by atoms with Crippen LogP contribution in [0.2, 0.25) is 5.02 Å². The zero-order valence-electron chi connectivity index (χ0n) is 11.4. The third-order valence-electron chi connectivity index (χ3n) is 3.36. The third-order valence-corrected chi connectivity index (χ3v) is 3.71. The number of rotatable bonds is 6. The number of morpholine rings is 1. The quantitative estimate of drug-likeness (QED) is 0.764. The van der Waals surface area contributed by atoms with E-state index >= 15 is 0 Å². The van der Waals surface area contributed by atoms with Crippen LogP contribution >= 0.6 is 11.6 Å². The summed E-state index contributed by atoms with van der Waals surface area (Å²) in [6, 6.07) is 5.15. The van der Waals surface area contributed by atoms with Gasteiger partial charge in [0.1, 0.15) is 0 Å². The van der Waals surface area contributed by atoms with Crippen LogP contribution in [0.3, 0.4) is 0 Å². The van der Waals surface area contributed by atoms with Gasteiger partial charge in [0.25, 0.3) is 0 Å². The molecule has 0 spiro atoms. The molecule has 5 nitrogen and oxygen atoms in total. The van der Waals surface area contributed by atoms with Crippen LogP contribution in [-0.2, 0) is 11.3 Å². The van der Waals surface area contributed by atoms with Gasteiger partial charge >= 0.3 is 0 Å². The van der Waals surface area contributed by atoms with Gasteiger partial charge in [-0.2, -0.15) is 0 Å². The Morgan fingerprint density at radius 3 is 2.80 bits per heavy atom. The van der Waals surface area contributed by atoms with E-state index in [-0.39, 0.29) is 0 Å². The summed E-state index contributed by atoms with van der Waals surface area (Å²) in [5.41, 5.74) is 6.62. The Morgan fingerprint density at radius 2 is 2.15 bits per heavy atom. The molecule has 2 rings (SSSR count). The molecule has 1 aliphatic rings. The van der Waals surface area contributed by atoms with Crippen molar-refractivity contribution in [2.45, 2.75) is 6.54 Å². The van der Waals surface area contributed by atoms with Crippen LogP contribution in [0.4, 0.5) is 0 Å². The molecule has 1 aliphatic heterocycles. The highest BCUT2D eigenvalue weighted by Crippen LogP contribution is 2.17. The van der Waals surface area contributed by atoms with Crippen molar-refractivity contribution in [3.63, 3.8) is 0 Å². The standard InChI is InChI=1S/C14H20ClN3O2/c15-13-9-11(14(16)19)1-2-12(13)10-17-3-4-18-5-7-20-8-6-18/h1-2,9,17H,3-8,10H2,(H2,16,19). The van der Waals surface area contributed by atoms with Crippen LogP contribution in [0, 0.1) is 0 Å². The molecule has 110 valence electrons. The maximum absolute atomic E-state index is 11.0. The monoisotopic (exact) mass is 297 g/mol. The summed E-state index contributed by atoms with van der Waals surface area (Å²) in [7, 11) is 0. The van der Waals surface area contributed by atoms with Crippen molar-refractivity contribution in [2.24, 2.45) is 5.73 Å². The Labute approximate surface area is 124 Å². The molecule has 0 saturated carbocycles. The van der Waals surface area contributed by atoms with Crippen LogP contribution in [0.25, 0.3) is 0 Å². The normalized spacial score (nSPS) is 16.2. The highest BCUT2D eigenvalue weighted by molar-refractivity contribution is 6.31. The molecule has 1 saturated heterocycles. The second kappa shape index (κ2) is 7.59. The first-order chi connectivity index (χ1) is 9.66. The third kappa shape index (κ3) is 4.45. The van der Waals surface area contributed by atoms with Crippen molar-refractivity contribution in [1.29, 1.82) is 0 Å². The highest BCUT2D eigenvalue weighted by Gasteiger charge is 2.09. The summed E-state index contributed by atoms with van der Waals surface area (Å²) < 4.78 is 5.30. The Kier molecular flexibility index (Phi) is 5.79.